The van der Waals surface area contributed by atoms with E-state index >= 15 is 0 Å². The second-order valence-corrected chi connectivity index (χ2v) is 0.346. The first-order chi connectivity index (χ1) is 1.73. The molecular formula is H3BKO3Sr. The van der Waals surface area contributed by atoms with Crippen LogP contribution in [0.15, 0.2) is 0 Å². The molecule has 0 aromatic carbocycles. The summed E-state index contributed by atoms with van der Waals surface area (Å²) >= 11 is 0. The molecule has 0 fully saturated rings. The Morgan fingerprint density at radius 2 is 1.00 bits per heavy atom. The van der Waals surface area contributed by atoms with Crippen LogP contribution in [0.1, 0.15) is 0 Å². The van der Waals surface area contributed by atoms with Crippen molar-refractivity contribution < 1.29 is 15.1 Å². The summed E-state index contributed by atoms with van der Waals surface area (Å²) in [5.74, 6) is 0. The van der Waals surface area contributed by atoms with E-state index in [0.29, 0.717) is 0 Å². The van der Waals surface area contributed by atoms with Crippen LogP contribution in [0, 0.1) is 0 Å². The summed E-state index contributed by atoms with van der Waals surface area (Å²) in [5.41, 5.74) is 0. The van der Waals surface area contributed by atoms with Gasteiger partial charge in [-0.1, -0.05) is 0 Å². The Hall–Kier alpha value is 3.06. The molecule has 0 aliphatic rings. The van der Waals surface area contributed by atoms with Crippen molar-refractivity contribution in [3.63, 3.8) is 0 Å². The molecule has 0 aliphatic heterocycles. The average molecular weight is 189 g/mol. The first-order valence-electron chi connectivity index (χ1n) is 0.775. The van der Waals surface area contributed by atoms with Crippen molar-refractivity contribution in [2.24, 2.45) is 0 Å². The minimum Gasteiger partial charge on any atom is -0.402 e. The normalized spacial score (nSPS) is 4.50. The van der Waals surface area contributed by atoms with Crippen molar-refractivity contribution in [3.8, 4) is 0 Å². The van der Waals surface area contributed by atoms with E-state index in [1.165, 1.54) is 0 Å². The Kier molecular flexibility index (Phi) is 29.2. The molecule has 6 heteroatoms. The van der Waals surface area contributed by atoms with Crippen molar-refractivity contribution in [2.75, 3.05) is 0 Å². The molecule has 0 heterocycles. The fourth-order valence-corrected chi connectivity index (χ4v) is 0. The summed E-state index contributed by atoms with van der Waals surface area (Å²) in [4.78, 5) is 0. The molecule has 6 heavy (non-hydrogen) atoms. The molecule has 0 aliphatic carbocycles. The molecule has 0 rings (SSSR count). The number of hydrogen-bond acceptors (Lipinski definition) is 3. The number of hydrogen-bond donors (Lipinski definition) is 3. The molecular weight excluding hydrogens is 186 g/mol. The second kappa shape index (κ2) is 10.9. The van der Waals surface area contributed by atoms with Gasteiger partial charge in [0.1, 0.15) is 0 Å². The maximum absolute atomic E-state index is 7.17. The topological polar surface area (TPSA) is 60.7 Å². The van der Waals surface area contributed by atoms with Gasteiger partial charge in [-0.3, -0.25) is 0 Å². The van der Waals surface area contributed by atoms with E-state index in [0.717, 1.165) is 0 Å². The summed E-state index contributed by atoms with van der Waals surface area (Å²) in [7, 11) is -2.17. The van der Waals surface area contributed by atoms with Crippen LogP contribution in [0.25, 0.3) is 0 Å². The molecule has 0 atom stereocenters. The molecule has 27 valence electrons. The zero-order chi connectivity index (χ0) is 3.58. The molecule has 3 N–H and O–H groups in total. The Morgan fingerprint density at radius 3 is 1.00 bits per heavy atom. The summed E-state index contributed by atoms with van der Waals surface area (Å²) in [6, 6.07) is 0. The predicted octanol–water partition coefficient (Wildman–Crippen LogP) is -2.81. The van der Waals surface area contributed by atoms with Crippen molar-refractivity contribution in [2.45, 2.75) is 0 Å². The van der Waals surface area contributed by atoms with Gasteiger partial charge in [0.15, 0.2) is 0 Å². The third-order valence-corrected chi connectivity index (χ3v) is 0. The van der Waals surface area contributed by atoms with Crippen molar-refractivity contribution >= 4 is 104 Å². The maximum Gasteiger partial charge on any atom is 0.631 e. The van der Waals surface area contributed by atoms with Crippen molar-refractivity contribution in [1.29, 1.82) is 0 Å². The van der Waals surface area contributed by atoms with Gasteiger partial charge in [0.2, 0.25) is 0 Å². The Balaban J connectivity index is -0.0000000450. The fraction of sp³-hybridized carbons (Fsp3) is 0. The largest absolute Gasteiger partial charge is 0.631 e. The summed E-state index contributed by atoms with van der Waals surface area (Å²) in [6.07, 6.45) is 0. The first kappa shape index (κ1) is 16.0. The van der Waals surface area contributed by atoms with Gasteiger partial charge < -0.3 is 15.1 Å². The number of rotatable bonds is 0. The monoisotopic (exact) mass is 189 g/mol. The quantitative estimate of drug-likeness (QED) is 0.360. The van der Waals surface area contributed by atoms with Gasteiger partial charge in [0.25, 0.3) is 0 Å². The van der Waals surface area contributed by atoms with Crippen LogP contribution >= 0.6 is 0 Å². The van der Waals surface area contributed by atoms with Gasteiger partial charge in [0.05, 0.1) is 0 Å². The minimum absolute atomic E-state index is 0. The van der Waals surface area contributed by atoms with Crippen LogP contribution in [0.4, 0.5) is 0 Å². The van der Waals surface area contributed by atoms with Gasteiger partial charge in [-0.2, -0.15) is 0 Å². The van der Waals surface area contributed by atoms with Crippen molar-refractivity contribution in [1.82, 2.24) is 0 Å². The predicted molar refractivity (Wildman–Crippen MR) is 23.9 cm³/mol. The SMILES string of the molecule is OB(O)O.[K].[Sr]. The molecule has 3 radical (unpaired) electrons. The van der Waals surface area contributed by atoms with E-state index in [9.17, 15) is 0 Å². The van der Waals surface area contributed by atoms with Crippen LogP contribution in [0.5, 0.6) is 0 Å². The summed E-state index contributed by atoms with van der Waals surface area (Å²) in [6.45, 7) is 0. The van der Waals surface area contributed by atoms with Crippen molar-refractivity contribution in [3.05, 3.63) is 0 Å². The van der Waals surface area contributed by atoms with Gasteiger partial charge in [-0.25, -0.2) is 0 Å². The molecule has 0 saturated carbocycles. The maximum atomic E-state index is 7.17. The molecule has 0 unspecified atom stereocenters. The molecule has 0 saturated heterocycles. The first-order valence-corrected chi connectivity index (χ1v) is 0.775. The van der Waals surface area contributed by atoms with Crippen LogP contribution < -0.4 is 0 Å². The standard InChI is InChI=1S/BH3O3.K.Sr/c2-1(3)4;;/h2-4H;;. The van der Waals surface area contributed by atoms with Gasteiger partial charge in [-0.15, -0.1) is 0 Å². The average Bonchev–Trinajstić information content (AvgIpc) is 0.811. The Labute approximate surface area is 116 Å². The van der Waals surface area contributed by atoms with Crippen LogP contribution in [-0.2, 0) is 0 Å². The minimum atomic E-state index is -2.17. The van der Waals surface area contributed by atoms with Crippen LogP contribution in [0.3, 0.4) is 0 Å². The van der Waals surface area contributed by atoms with E-state index in [4.69, 9.17) is 15.1 Å². The smallest absolute Gasteiger partial charge is 0.402 e. The fourth-order valence-electron chi connectivity index (χ4n) is 0. The van der Waals surface area contributed by atoms with E-state index in [-0.39, 0.29) is 96.9 Å². The molecule has 0 spiro atoms. The van der Waals surface area contributed by atoms with E-state index in [2.05, 4.69) is 0 Å². The zero-order valence-electron chi connectivity index (χ0n) is 3.63. The van der Waals surface area contributed by atoms with Gasteiger partial charge in [0, 0.05) is 96.9 Å². The van der Waals surface area contributed by atoms with Crippen LogP contribution in [-0.4, -0.2) is 119 Å². The molecule has 0 amide bonds. The van der Waals surface area contributed by atoms with E-state index < -0.39 is 7.32 Å². The Morgan fingerprint density at radius 1 is 1.00 bits per heavy atom. The van der Waals surface area contributed by atoms with E-state index in [1.54, 1.807) is 0 Å². The van der Waals surface area contributed by atoms with E-state index in [1.807, 2.05) is 0 Å². The van der Waals surface area contributed by atoms with Gasteiger partial charge in [-0.05, 0) is 0 Å². The van der Waals surface area contributed by atoms with Crippen LogP contribution in [0.2, 0.25) is 0 Å². The van der Waals surface area contributed by atoms with Gasteiger partial charge >= 0.3 is 7.32 Å². The molecule has 0 aromatic rings. The molecule has 0 bridgehead atoms. The third-order valence-electron chi connectivity index (χ3n) is 0. The summed E-state index contributed by atoms with van der Waals surface area (Å²) in [5, 5.41) is 21.5. The molecule has 3 nitrogen and oxygen atoms in total. The Bertz CT molecular complexity index is 15.5. The summed E-state index contributed by atoms with van der Waals surface area (Å²) < 4.78 is 0. The molecule has 0 aromatic heterocycles. The third kappa shape index (κ3) is 27.7. The second-order valence-electron chi connectivity index (χ2n) is 0.346. The zero-order valence-corrected chi connectivity index (χ0v) is 10.2.